The van der Waals surface area contributed by atoms with E-state index in [1.54, 1.807) is 18.2 Å². The molecule has 2 heterocycles. The van der Waals surface area contributed by atoms with Crippen molar-refractivity contribution in [1.29, 1.82) is 0 Å². The first kappa shape index (κ1) is 22.4. The lowest BCUT2D eigenvalue weighted by Gasteiger charge is -2.08. The predicted octanol–water partition coefficient (Wildman–Crippen LogP) is 5.37. The summed E-state index contributed by atoms with van der Waals surface area (Å²) in [7, 11) is 5.42. The second-order valence-electron chi connectivity index (χ2n) is 8.73. The van der Waals surface area contributed by atoms with Crippen LogP contribution in [0, 0.1) is 0 Å². The normalized spacial score (nSPS) is 12.1. The van der Waals surface area contributed by atoms with Crippen molar-refractivity contribution in [2.45, 2.75) is 6.54 Å². The highest BCUT2D eigenvalue weighted by Gasteiger charge is 2.20. The van der Waals surface area contributed by atoms with Gasteiger partial charge in [0.25, 0.3) is 0 Å². The lowest BCUT2D eigenvalue weighted by molar-refractivity contribution is 0.0601. The minimum atomic E-state index is -0.437. The molecule has 0 unspecified atom stereocenters. The highest BCUT2D eigenvalue weighted by Crippen LogP contribution is 2.33. The molecular formula is C28H26N4O3. The van der Waals surface area contributed by atoms with Crippen LogP contribution in [0.3, 0.4) is 0 Å². The topological polar surface area (TPSA) is 93.7 Å². The van der Waals surface area contributed by atoms with Crippen LogP contribution in [-0.2, 0) is 11.3 Å². The summed E-state index contributed by atoms with van der Waals surface area (Å²) in [6.45, 7) is 0.819. The Morgan fingerprint density at radius 1 is 0.943 bits per heavy atom. The summed E-state index contributed by atoms with van der Waals surface area (Å²) in [5.74, 6) is -0.450. The fraction of sp³-hybridized carbons (Fsp3) is 0.143. The van der Waals surface area contributed by atoms with Crippen LogP contribution in [0.1, 0.15) is 27.2 Å². The Bertz CT molecular complexity index is 1560. The summed E-state index contributed by atoms with van der Waals surface area (Å²) in [6.07, 6.45) is 0. The fourth-order valence-corrected chi connectivity index (χ4v) is 4.33. The van der Waals surface area contributed by atoms with Crippen molar-refractivity contribution in [3.63, 3.8) is 0 Å². The van der Waals surface area contributed by atoms with Gasteiger partial charge in [0.1, 0.15) is 0 Å². The molecule has 176 valence electrons. The number of aromatic hydroxyl groups is 1. The van der Waals surface area contributed by atoms with Crippen molar-refractivity contribution < 1.29 is 14.6 Å². The first-order chi connectivity index (χ1) is 16.9. The molecule has 0 radical (unpaired) electrons. The van der Waals surface area contributed by atoms with E-state index in [1.807, 2.05) is 62.6 Å². The molecule has 0 atom stereocenters. The third-order valence-electron chi connectivity index (χ3n) is 5.87. The van der Waals surface area contributed by atoms with E-state index in [1.165, 1.54) is 7.11 Å². The van der Waals surface area contributed by atoms with E-state index in [-0.39, 0.29) is 5.88 Å². The zero-order chi connectivity index (χ0) is 24.5. The molecule has 0 saturated heterocycles. The largest absolute Gasteiger partial charge is 0.494 e. The van der Waals surface area contributed by atoms with E-state index >= 15 is 0 Å². The van der Waals surface area contributed by atoms with Gasteiger partial charge in [-0.05, 0) is 50.5 Å². The number of fused-ring (bicyclic) bond motifs is 2. The molecule has 0 spiro atoms. The third kappa shape index (κ3) is 4.41. The summed E-state index contributed by atoms with van der Waals surface area (Å²) in [5, 5.41) is 12.8. The van der Waals surface area contributed by atoms with Crippen molar-refractivity contribution in [2.75, 3.05) is 21.2 Å². The maximum Gasteiger partial charge on any atom is 0.337 e. The molecule has 5 aromatic rings. The number of aromatic nitrogens is 2. The molecule has 0 aliphatic carbocycles. The van der Waals surface area contributed by atoms with Gasteiger partial charge in [0, 0.05) is 39.6 Å². The summed E-state index contributed by atoms with van der Waals surface area (Å²) in [5.41, 5.74) is 6.04. The van der Waals surface area contributed by atoms with Gasteiger partial charge in [-0.3, -0.25) is 0 Å². The van der Waals surface area contributed by atoms with Gasteiger partial charge in [-0.1, -0.05) is 36.4 Å². The van der Waals surface area contributed by atoms with Crippen molar-refractivity contribution in [3.05, 3.63) is 95.2 Å². The first-order valence-electron chi connectivity index (χ1n) is 11.3. The number of esters is 1. The maximum atomic E-state index is 12.0. The molecule has 3 N–H and O–H groups in total. The molecule has 0 saturated carbocycles. The number of nitrogens with zero attached hydrogens (tertiary/aromatic N) is 2. The summed E-state index contributed by atoms with van der Waals surface area (Å²) in [6, 6.07) is 23.1. The van der Waals surface area contributed by atoms with E-state index in [2.05, 4.69) is 20.9 Å². The van der Waals surface area contributed by atoms with E-state index in [0.717, 1.165) is 39.8 Å². The van der Waals surface area contributed by atoms with Gasteiger partial charge >= 0.3 is 5.97 Å². The molecule has 3 aromatic carbocycles. The SMILES string of the molecule is COC(=O)c1ccc2c(C(=Nc3ccc4[nH]c(CN(C)C)cc4c3)c3ccccc3)c(O)[nH]c2c1. The highest BCUT2D eigenvalue weighted by atomic mass is 16.5. The van der Waals surface area contributed by atoms with Crippen LogP contribution in [0.2, 0.25) is 0 Å². The van der Waals surface area contributed by atoms with Crippen molar-refractivity contribution in [2.24, 2.45) is 4.99 Å². The van der Waals surface area contributed by atoms with Crippen LogP contribution in [0.15, 0.2) is 77.8 Å². The summed E-state index contributed by atoms with van der Waals surface area (Å²) < 4.78 is 4.83. The lowest BCUT2D eigenvalue weighted by atomic mass is 10.00. The standard InChI is InChI=1S/C28H26N4O3/c1-32(2)16-21-14-19-13-20(10-12-23(19)29-21)30-26(17-7-5-4-6-8-17)25-22-11-9-18(28(34)35-3)15-24(22)31-27(25)33/h4-15,29,31,33H,16H2,1-3H3. The predicted molar refractivity (Wildman–Crippen MR) is 139 cm³/mol. The fourth-order valence-electron chi connectivity index (χ4n) is 4.33. The Labute approximate surface area is 202 Å². The first-order valence-corrected chi connectivity index (χ1v) is 11.3. The molecule has 7 heteroatoms. The molecule has 5 rings (SSSR count). The number of carbonyl (C=O) groups is 1. The van der Waals surface area contributed by atoms with Crippen LogP contribution in [0.4, 0.5) is 5.69 Å². The minimum absolute atomic E-state index is 0.0133. The number of methoxy groups -OCH3 is 1. The zero-order valence-electron chi connectivity index (χ0n) is 19.8. The van der Waals surface area contributed by atoms with Gasteiger partial charge in [-0.2, -0.15) is 0 Å². The quantitative estimate of drug-likeness (QED) is 0.232. The van der Waals surface area contributed by atoms with Gasteiger partial charge < -0.3 is 24.7 Å². The Hall–Kier alpha value is -4.36. The smallest absolute Gasteiger partial charge is 0.337 e. The Morgan fingerprint density at radius 2 is 1.74 bits per heavy atom. The van der Waals surface area contributed by atoms with E-state index in [9.17, 15) is 9.90 Å². The van der Waals surface area contributed by atoms with Crippen molar-refractivity contribution >= 4 is 39.2 Å². The monoisotopic (exact) mass is 466 g/mol. The maximum absolute atomic E-state index is 12.0. The van der Waals surface area contributed by atoms with Gasteiger partial charge in [-0.15, -0.1) is 0 Å². The number of H-pyrrole nitrogens is 2. The Kier molecular flexibility index (Phi) is 5.84. The van der Waals surface area contributed by atoms with Crippen LogP contribution in [0.5, 0.6) is 5.88 Å². The third-order valence-corrected chi connectivity index (χ3v) is 5.87. The second-order valence-corrected chi connectivity index (χ2v) is 8.73. The number of hydrogen-bond donors (Lipinski definition) is 3. The number of carbonyl (C=O) groups excluding carboxylic acids is 1. The molecule has 35 heavy (non-hydrogen) atoms. The minimum Gasteiger partial charge on any atom is -0.494 e. The van der Waals surface area contributed by atoms with Gasteiger partial charge in [0.2, 0.25) is 0 Å². The number of aliphatic imine (C=N–C) groups is 1. The van der Waals surface area contributed by atoms with Crippen molar-refractivity contribution in [3.8, 4) is 5.88 Å². The highest BCUT2D eigenvalue weighted by molar-refractivity contribution is 6.22. The lowest BCUT2D eigenvalue weighted by Crippen LogP contribution is -2.10. The Balaban J connectivity index is 1.66. The van der Waals surface area contributed by atoms with Gasteiger partial charge in [0.15, 0.2) is 5.88 Å². The van der Waals surface area contributed by atoms with Crippen LogP contribution >= 0.6 is 0 Å². The average molecular weight is 467 g/mol. The summed E-state index contributed by atoms with van der Waals surface area (Å²) >= 11 is 0. The van der Waals surface area contributed by atoms with Crippen LogP contribution in [0.25, 0.3) is 21.8 Å². The van der Waals surface area contributed by atoms with Crippen LogP contribution < -0.4 is 0 Å². The van der Waals surface area contributed by atoms with Gasteiger partial charge in [-0.25, -0.2) is 9.79 Å². The second kappa shape index (κ2) is 9.12. The number of nitrogens with one attached hydrogen (secondary N) is 2. The molecule has 0 aliphatic rings. The van der Waals surface area contributed by atoms with E-state index in [4.69, 9.17) is 9.73 Å². The molecule has 7 nitrogen and oxygen atoms in total. The molecule has 0 aliphatic heterocycles. The number of rotatable bonds is 6. The molecule has 0 fully saturated rings. The zero-order valence-corrected chi connectivity index (χ0v) is 19.8. The number of benzene rings is 3. The number of hydrogen-bond acceptors (Lipinski definition) is 5. The molecule has 0 bridgehead atoms. The molecule has 0 amide bonds. The van der Waals surface area contributed by atoms with E-state index in [0.29, 0.717) is 22.4 Å². The van der Waals surface area contributed by atoms with Crippen LogP contribution in [-0.4, -0.2) is 52.9 Å². The van der Waals surface area contributed by atoms with Gasteiger partial charge in [0.05, 0.1) is 29.6 Å². The molecular weight excluding hydrogens is 440 g/mol. The number of aromatic amines is 2. The molecule has 2 aromatic heterocycles. The Morgan fingerprint density at radius 3 is 2.49 bits per heavy atom. The number of ether oxygens (including phenoxy) is 1. The average Bonchev–Trinajstić information content (AvgIpc) is 3.40. The summed E-state index contributed by atoms with van der Waals surface area (Å²) in [4.78, 5) is 25.5. The van der Waals surface area contributed by atoms with E-state index < -0.39 is 5.97 Å². The van der Waals surface area contributed by atoms with Crippen molar-refractivity contribution in [1.82, 2.24) is 14.9 Å².